The lowest BCUT2D eigenvalue weighted by molar-refractivity contribution is -0.154. The van der Waals surface area contributed by atoms with Crippen molar-refractivity contribution in [1.29, 1.82) is 0 Å². The van der Waals surface area contributed by atoms with E-state index >= 15 is 0 Å². The first-order chi connectivity index (χ1) is 15.0. The number of nitrogens with one attached hydrogen (secondary N) is 1. The zero-order valence-corrected chi connectivity index (χ0v) is 17.7. The quantitative estimate of drug-likeness (QED) is 0.669. The van der Waals surface area contributed by atoms with Crippen LogP contribution in [-0.2, 0) is 6.54 Å². The van der Waals surface area contributed by atoms with Crippen LogP contribution in [0.4, 0.5) is 13.2 Å². The number of alkyl halides is 3. The molecule has 1 aliphatic rings. The second-order valence-electron chi connectivity index (χ2n) is 7.65. The normalized spacial score (nSPS) is 15.3. The van der Waals surface area contributed by atoms with Gasteiger partial charge in [-0.05, 0) is 38.5 Å². The van der Waals surface area contributed by atoms with Crippen molar-refractivity contribution in [2.75, 3.05) is 13.2 Å². The topological polar surface area (TPSA) is 105 Å². The molecule has 0 bridgehead atoms. The largest absolute Gasteiger partial charge is 0.468 e. The predicted octanol–water partition coefficient (Wildman–Crippen LogP) is 2.55. The average Bonchev–Trinajstić information content (AvgIpc) is 3.08. The lowest BCUT2D eigenvalue weighted by atomic mass is 10.1. The van der Waals surface area contributed by atoms with E-state index in [2.05, 4.69) is 15.3 Å². The van der Waals surface area contributed by atoms with E-state index in [0.29, 0.717) is 22.3 Å². The van der Waals surface area contributed by atoms with Crippen LogP contribution in [0.3, 0.4) is 0 Å². The highest BCUT2D eigenvalue weighted by molar-refractivity contribution is 6.03. The number of amides is 2. The van der Waals surface area contributed by atoms with Crippen molar-refractivity contribution in [2.24, 2.45) is 0 Å². The minimum Gasteiger partial charge on any atom is -0.468 e. The van der Waals surface area contributed by atoms with E-state index in [1.165, 1.54) is 23.4 Å². The van der Waals surface area contributed by atoms with Crippen molar-refractivity contribution in [3.63, 3.8) is 0 Å². The first-order valence-corrected chi connectivity index (χ1v) is 9.88. The summed E-state index contributed by atoms with van der Waals surface area (Å²) < 4.78 is 41.9. The Morgan fingerprint density at radius 1 is 1.34 bits per heavy atom. The summed E-state index contributed by atoms with van der Waals surface area (Å²) in [6.07, 6.45) is -1.73. The van der Waals surface area contributed by atoms with Crippen LogP contribution in [0.15, 0.2) is 24.5 Å². The standard InChI is InChI=1S/C21H23F3N4O4/c1-11-6-14(7-26-19(11)32-10-21(22,23)24)13(3)28-8-16-15(20(28)31)4-5-25-17(16)18(30)27-12(2)9-29/h4-7,12-13,29H,8-10H2,1-3H3,(H,27,30)/t12-,13?/m1/s1. The summed E-state index contributed by atoms with van der Waals surface area (Å²) in [6, 6.07) is 2.22. The number of hydrogen-bond donors (Lipinski definition) is 2. The molecule has 0 radical (unpaired) electrons. The predicted molar refractivity (Wildman–Crippen MR) is 107 cm³/mol. The zero-order chi connectivity index (χ0) is 23.6. The molecule has 0 aromatic carbocycles. The Balaban J connectivity index is 1.80. The van der Waals surface area contributed by atoms with Gasteiger partial charge in [0.1, 0.15) is 5.69 Å². The van der Waals surface area contributed by atoms with Crippen LogP contribution in [0.1, 0.15) is 57.4 Å². The number of aromatic nitrogens is 2. The van der Waals surface area contributed by atoms with Crippen molar-refractivity contribution in [1.82, 2.24) is 20.2 Å². The van der Waals surface area contributed by atoms with Gasteiger partial charge in [-0.3, -0.25) is 14.6 Å². The number of halogens is 3. The fourth-order valence-corrected chi connectivity index (χ4v) is 3.39. The SMILES string of the molecule is Cc1cc(C(C)N2Cc3c(ccnc3C(=O)N[C@H](C)CO)C2=O)cnc1OCC(F)(F)F. The number of aliphatic hydroxyl groups is 1. The van der Waals surface area contributed by atoms with E-state index in [1.54, 1.807) is 26.8 Å². The second-order valence-corrected chi connectivity index (χ2v) is 7.65. The van der Waals surface area contributed by atoms with E-state index in [9.17, 15) is 22.8 Å². The fourth-order valence-electron chi connectivity index (χ4n) is 3.39. The summed E-state index contributed by atoms with van der Waals surface area (Å²) in [6.45, 7) is 3.42. The lowest BCUT2D eigenvalue weighted by Gasteiger charge is -2.25. The van der Waals surface area contributed by atoms with Crippen molar-refractivity contribution in [3.05, 3.63) is 52.5 Å². The van der Waals surface area contributed by atoms with Gasteiger partial charge in [0.05, 0.1) is 12.6 Å². The number of aliphatic hydroxyl groups excluding tert-OH is 1. The average molecular weight is 452 g/mol. The molecule has 2 N–H and O–H groups in total. The molecule has 0 aliphatic carbocycles. The molecule has 1 unspecified atom stereocenters. The van der Waals surface area contributed by atoms with E-state index in [4.69, 9.17) is 9.84 Å². The molecule has 2 aromatic heterocycles. The highest BCUT2D eigenvalue weighted by Gasteiger charge is 2.35. The summed E-state index contributed by atoms with van der Waals surface area (Å²) in [5.41, 5.74) is 1.94. The summed E-state index contributed by atoms with van der Waals surface area (Å²) in [5.74, 6) is -0.918. The second kappa shape index (κ2) is 9.11. The van der Waals surface area contributed by atoms with E-state index in [1.807, 2.05) is 0 Å². The van der Waals surface area contributed by atoms with Gasteiger partial charge in [-0.25, -0.2) is 4.98 Å². The molecule has 3 heterocycles. The van der Waals surface area contributed by atoms with Crippen LogP contribution >= 0.6 is 0 Å². The third kappa shape index (κ3) is 4.98. The molecule has 0 spiro atoms. The summed E-state index contributed by atoms with van der Waals surface area (Å²) in [5, 5.41) is 11.8. The number of carbonyl (C=O) groups is 2. The van der Waals surface area contributed by atoms with Gasteiger partial charge < -0.3 is 20.1 Å². The maximum Gasteiger partial charge on any atom is 0.422 e. The van der Waals surface area contributed by atoms with Crippen LogP contribution in [0.25, 0.3) is 0 Å². The third-order valence-electron chi connectivity index (χ3n) is 5.12. The van der Waals surface area contributed by atoms with E-state index < -0.39 is 30.8 Å². The Morgan fingerprint density at radius 3 is 2.69 bits per heavy atom. The first kappa shape index (κ1) is 23.5. The monoisotopic (exact) mass is 452 g/mol. The van der Waals surface area contributed by atoms with E-state index in [-0.39, 0.29) is 30.6 Å². The Hall–Kier alpha value is -3.21. The molecule has 3 rings (SSSR count). The van der Waals surface area contributed by atoms with Gasteiger partial charge in [0, 0.05) is 41.7 Å². The summed E-state index contributed by atoms with van der Waals surface area (Å²) in [7, 11) is 0. The van der Waals surface area contributed by atoms with Crippen LogP contribution in [0, 0.1) is 6.92 Å². The molecule has 1 aliphatic heterocycles. The van der Waals surface area contributed by atoms with Gasteiger partial charge >= 0.3 is 6.18 Å². The molecule has 0 fully saturated rings. The lowest BCUT2D eigenvalue weighted by Crippen LogP contribution is -2.36. The molecule has 0 saturated heterocycles. The molecule has 2 atom stereocenters. The van der Waals surface area contributed by atoms with Crippen LogP contribution in [0.5, 0.6) is 5.88 Å². The molecule has 0 saturated carbocycles. The van der Waals surface area contributed by atoms with Crippen LogP contribution < -0.4 is 10.1 Å². The van der Waals surface area contributed by atoms with Crippen LogP contribution in [-0.4, -0.2) is 57.2 Å². The number of rotatable bonds is 7. The molecule has 11 heteroatoms. The van der Waals surface area contributed by atoms with Crippen molar-refractivity contribution in [3.8, 4) is 5.88 Å². The van der Waals surface area contributed by atoms with Crippen molar-refractivity contribution in [2.45, 2.75) is 45.6 Å². The zero-order valence-electron chi connectivity index (χ0n) is 17.7. The minimum absolute atomic E-state index is 0.107. The number of carbonyl (C=O) groups excluding carboxylic acids is 2. The fraction of sp³-hybridized carbons (Fsp3) is 0.429. The highest BCUT2D eigenvalue weighted by Crippen LogP contribution is 2.33. The third-order valence-corrected chi connectivity index (χ3v) is 5.12. The number of hydrogen-bond acceptors (Lipinski definition) is 6. The Morgan fingerprint density at radius 2 is 2.06 bits per heavy atom. The van der Waals surface area contributed by atoms with Crippen LogP contribution in [0.2, 0.25) is 0 Å². The highest BCUT2D eigenvalue weighted by atomic mass is 19.4. The van der Waals surface area contributed by atoms with Gasteiger partial charge in [0.25, 0.3) is 11.8 Å². The van der Waals surface area contributed by atoms with Crippen molar-refractivity contribution >= 4 is 11.8 Å². The number of ether oxygens (including phenoxy) is 1. The maximum atomic E-state index is 13.0. The van der Waals surface area contributed by atoms with Crippen molar-refractivity contribution < 1.29 is 32.6 Å². The smallest absolute Gasteiger partial charge is 0.422 e. The van der Waals surface area contributed by atoms with Gasteiger partial charge in [0.15, 0.2) is 6.61 Å². The molecular formula is C21H23F3N4O4. The molecular weight excluding hydrogens is 429 g/mol. The molecule has 172 valence electrons. The number of aryl methyl sites for hydroxylation is 1. The molecule has 2 amide bonds. The van der Waals surface area contributed by atoms with Gasteiger partial charge in [-0.15, -0.1) is 0 Å². The Kier molecular flexibility index (Phi) is 6.68. The van der Waals surface area contributed by atoms with Gasteiger partial charge in [-0.1, -0.05) is 0 Å². The van der Waals surface area contributed by atoms with Gasteiger partial charge in [0.2, 0.25) is 5.88 Å². The van der Waals surface area contributed by atoms with E-state index in [0.717, 1.165) is 0 Å². The number of pyridine rings is 2. The molecule has 32 heavy (non-hydrogen) atoms. The molecule has 8 nitrogen and oxygen atoms in total. The minimum atomic E-state index is -4.47. The summed E-state index contributed by atoms with van der Waals surface area (Å²) in [4.78, 5) is 35.1. The molecule has 2 aromatic rings. The number of fused-ring (bicyclic) bond motifs is 1. The maximum absolute atomic E-state index is 13.0. The number of nitrogens with zero attached hydrogens (tertiary/aromatic N) is 3. The first-order valence-electron chi connectivity index (χ1n) is 9.88. The Labute approximate surface area is 182 Å². The Bertz CT molecular complexity index is 1030. The van der Waals surface area contributed by atoms with Gasteiger partial charge in [-0.2, -0.15) is 13.2 Å². The summed E-state index contributed by atoms with van der Waals surface area (Å²) >= 11 is 0.